The lowest BCUT2D eigenvalue weighted by Crippen LogP contribution is -2.34. The minimum atomic E-state index is -0.0167. The maximum absolute atomic E-state index is 11.6. The molecule has 0 bridgehead atoms. The predicted molar refractivity (Wildman–Crippen MR) is 68.4 cm³/mol. The number of hydrogen-bond acceptors (Lipinski definition) is 6. The van der Waals surface area contributed by atoms with Crippen molar-refractivity contribution < 1.29 is 9.21 Å². The lowest BCUT2D eigenvalue weighted by molar-refractivity contribution is -0.127. The van der Waals surface area contributed by atoms with Crippen molar-refractivity contribution >= 4 is 11.9 Å². The number of amides is 1. The van der Waals surface area contributed by atoms with E-state index >= 15 is 0 Å². The first-order chi connectivity index (χ1) is 8.45. The van der Waals surface area contributed by atoms with Crippen LogP contribution in [-0.2, 0) is 4.79 Å². The van der Waals surface area contributed by atoms with Gasteiger partial charge in [-0.05, 0) is 13.5 Å². The summed E-state index contributed by atoms with van der Waals surface area (Å²) in [6.45, 7) is 5.00. The Morgan fingerprint density at radius 3 is 2.61 bits per heavy atom. The van der Waals surface area contributed by atoms with Crippen LogP contribution in [0.2, 0.25) is 0 Å². The van der Waals surface area contributed by atoms with Crippen LogP contribution in [0.15, 0.2) is 4.42 Å². The fourth-order valence-corrected chi connectivity index (χ4v) is 1.36. The van der Waals surface area contributed by atoms with Crippen molar-refractivity contribution in [2.45, 2.75) is 19.9 Å². The highest BCUT2D eigenvalue weighted by Crippen LogP contribution is 2.15. The third kappa shape index (κ3) is 3.69. The molecule has 1 N–H and O–H groups in total. The van der Waals surface area contributed by atoms with Gasteiger partial charge in [0.05, 0.1) is 6.04 Å². The molecule has 7 heteroatoms. The predicted octanol–water partition coefficient (Wildman–Crippen LogP) is 0.265. The molecule has 0 saturated carbocycles. The van der Waals surface area contributed by atoms with E-state index in [0.717, 1.165) is 6.54 Å². The summed E-state index contributed by atoms with van der Waals surface area (Å²) in [4.78, 5) is 14.7. The van der Waals surface area contributed by atoms with Crippen molar-refractivity contribution in [1.29, 1.82) is 0 Å². The van der Waals surface area contributed by atoms with Gasteiger partial charge in [0.2, 0.25) is 11.8 Å². The van der Waals surface area contributed by atoms with Gasteiger partial charge in [0.25, 0.3) is 0 Å². The molecule has 1 unspecified atom stereocenters. The van der Waals surface area contributed by atoms with E-state index in [0.29, 0.717) is 11.9 Å². The van der Waals surface area contributed by atoms with Gasteiger partial charge in [0.1, 0.15) is 6.54 Å². The Balaban J connectivity index is 2.64. The molecule has 0 aromatic carbocycles. The maximum Gasteiger partial charge on any atom is 0.318 e. The number of likely N-dealkylation sites (N-methyl/N-ethyl adjacent to an activating group) is 2. The molecule has 1 aromatic heterocycles. The van der Waals surface area contributed by atoms with Crippen LogP contribution in [0.5, 0.6) is 0 Å². The Bertz CT molecular complexity index is 391. The first-order valence-corrected chi connectivity index (χ1v) is 5.93. The fraction of sp³-hybridized carbons (Fsp3) is 0.727. The SMILES string of the molecule is CCNC(C)c1nnc(N(C)CC(=O)N(C)C)o1. The molecule has 1 atom stereocenters. The summed E-state index contributed by atoms with van der Waals surface area (Å²) in [6, 6.07) is 0.360. The summed E-state index contributed by atoms with van der Waals surface area (Å²) in [5.41, 5.74) is 0. The molecule has 102 valence electrons. The lowest BCUT2D eigenvalue weighted by atomic mass is 10.3. The summed E-state index contributed by atoms with van der Waals surface area (Å²) >= 11 is 0. The second kappa shape index (κ2) is 6.34. The number of aromatic nitrogens is 2. The second-order valence-electron chi connectivity index (χ2n) is 4.35. The lowest BCUT2D eigenvalue weighted by Gasteiger charge is -2.16. The molecule has 1 amide bonds. The van der Waals surface area contributed by atoms with Crippen LogP contribution in [0.4, 0.5) is 6.01 Å². The number of anilines is 1. The first kappa shape index (κ1) is 14.4. The van der Waals surface area contributed by atoms with Crippen LogP contribution in [0.3, 0.4) is 0 Å². The fourth-order valence-electron chi connectivity index (χ4n) is 1.36. The number of hydrogen-bond donors (Lipinski definition) is 1. The van der Waals surface area contributed by atoms with Crippen molar-refractivity contribution in [2.24, 2.45) is 0 Å². The van der Waals surface area contributed by atoms with E-state index in [4.69, 9.17) is 4.42 Å². The van der Waals surface area contributed by atoms with Gasteiger partial charge in [-0.1, -0.05) is 12.0 Å². The molecule has 0 aliphatic heterocycles. The van der Waals surface area contributed by atoms with Crippen LogP contribution in [0.25, 0.3) is 0 Å². The van der Waals surface area contributed by atoms with E-state index < -0.39 is 0 Å². The minimum Gasteiger partial charge on any atom is -0.406 e. The molecule has 0 aliphatic rings. The Kier molecular flexibility index (Phi) is 5.08. The van der Waals surface area contributed by atoms with Gasteiger partial charge in [0, 0.05) is 21.1 Å². The van der Waals surface area contributed by atoms with Crippen LogP contribution in [0.1, 0.15) is 25.8 Å². The van der Waals surface area contributed by atoms with Crippen LogP contribution < -0.4 is 10.2 Å². The summed E-state index contributed by atoms with van der Waals surface area (Å²) in [6.07, 6.45) is 0. The zero-order valence-electron chi connectivity index (χ0n) is 11.6. The van der Waals surface area contributed by atoms with Gasteiger partial charge in [0.15, 0.2) is 0 Å². The monoisotopic (exact) mass is 255 g/mol. The second-order valence-corrected chi connectivity index (χ2v) is 4.35. The largest absolute Gasteiger partial charge is 0.406 e. The van der Waals surface area contributed by atoms with E-state index in [1.54, 1.807) is 26.0 Å². The van der Waals surface area contributed by atoms with Crippen molar-refractivity contribution in [1.82, 2.24) is 20.4 Å². The van der Waals surface area contributed by atoms with Crippen molar-refractivity contribution in [3.63, 3.8) is 0 Å². The number of carbonyl (C=O) groups excluding carboxylic acids is 1. The average molecular weight is 255 g/mol. The Labute approximate surface area is 107 Å². The quantitative estimate of drug-likeness (QED) is 0.786. The molecule has 1 heterocycles. The Hall–Kier alpha value is -1.63. The van der Waals surface area contributed by atoms with E-state index in [1.165, 1.54) is 4.90 Å². The van der Waals surface area contributed by atoms with Crippen LogP contribution in [0, 0.1) is 0 Å². The molecular formula is C11H21N5O2. The van der Waals surface area contributed by atoms with Gasteiger partial charge in [-0.3, -0.25) is 4.79 Å². The molecule has 1 aromatic rings. The topological polar surface area (TPSA) is 74.5 Å². The Morgan fingerprint density at radius 2 is 2.06 bits per heavy atom. The van der Waals surface area contributed by atoms with Crippen molar-refractivity contribution in [3.05, 3.63) is 5.89 Å². The Morgan fingerprint density at radius 1 is 1.39 bits per heavy atom. The highest BCUT2D eigenvalue weighted by atomic mass is 16.4. The van der Waals surface area contributed by atoms with Crippen LogP contribution in [-0.4, -0.2) is 55.2 Å². The molecule has 0 aliphatic carbocycles. The molecule has 0 saturated heterocycles. The third-order valence-corrected chi connectivity index (χ3v) is 2.51. The van der Waals surface area contributed by atoms with Gasteiger partial charge in [-0.2, -0.15) is 0 Å². The third-order valence-electron chi connectivity index (χ3n) is 2.51. The highest BCUT2D eigenvalue weighted by Gasteiger charge is 2.17. The molecular weight excluding hydrogens is 234 g/mol. The molecule has 0 radical (unpaired) electrons. The van der Waals surface area contributed by atoms with Gasteiger partial charge in [-0.15, -0.1) is 5.10 Å². The van der Waals surface area contributed by atoms with E-state index in [2.05, 4.69) is 15.5 Å². The number of nitrogens with one attached hydrogen (secondary N) is 1. The summed E-state index contributed by atoms with van der Waals surface area (Å²) in [5, 5.41) is 11.1. The van der Waals surface area contributed by atoms with Gasteiger partial charge in [-0.25, -0.2) is 0 Å². The van der Waals surface area contributed by atoms with Gasteiger partial charge < -0.3 is 19.5 Å². The molecule has 18 heavy (non-hydrogen) atoms. The number of rotatable bonds is 6. The normalized spacial score (nSPS) is 12.3. The molecule has 0 spiro atoms. The van der Waals surface area contributed by atoms with Gasteiger partial charge >= 0.3 is 6.01 Å². The zero-order chi connectivity index (χ0) is 13.7. The van der Waals surface area contributed by atoms with Crippen molar-refractivity contribution in [3.8, 4) is 0 Å². The van der Waals surface area contributed by atoms with E-state index in [1.807, 2.05) is 13.8 Å². The molecule has 0 fully saturated rings. The standard InChI is InChI=1S/C11H21N5O2/c1-6-12-8(2)10-13-14-11(18-10)16(5)7-9(17)15(3)4/h8,12H,6-7H2,1-5H3. The maximum atomic E-state index is 11.6. The highest BCUT2D eigenvalue weighted by molar-refractivity contribution is 5.80. The minimum absolute atomic E-state index is 0.00852. The molecule has 7 nitrogen and oxygen atoms in total. The van der Waals surface area contributed by atoms with E-state index in [-0.39, 0.29) is 18.5 Å². The number of carbonyl (C=O) groups is 1. The van der Waals surface area contributed by atoms with Crippen molar-refractivity contribution in [2.75, 3.05) is 39.1 Å². The zero-order valence-corrected chi connectivity index (χ0v) is 11.6. The summed E-state index contributed by atoms with van der Waals surface area (Å²) in [5.74, 6) is 0.507. The van der Waals surface area contributed by atoms with Crippen LogP contribution >= 0.6 is 0 Å². The molecule has 1 rings (SSSR count). The smallest absolute Gasteiger partial charge is 0.318 e. The van der Waals surface area contributed by atoms with E-state index in [9.17, 15) is 4.79 Å². The average Bonchev–Trinajstić information content (AvgIpc) is 2.78. The summed E-state index contributed by atoms with van der Waals surface area (Å²) < 4.78 is 5.51. The number of nitrogens with zero attached hydrogens (tertiary/aromatic N) is 4. The summed E-state index contributed by atoms with van der Waals surface area (Å²) in [7, 11) is 5.17. The first-order valence-electron chi connectivity index (χ1n) is 5.93.